The average molecular weight is 169 g/mol. The number of hydrogen-bond acceptors (Lipinski definition) is 1. The quantitative estimate of drug-likeness (QED) is 0.634. The first-order valence-electron chi connectivity index (χ1n) is 5.23. The Labute approximate surface area is 76.1 Å². The van der Waals surface area contributed by atoms with Crippen molar-refractivity contribution in [2.24, 2.45) is 0 Å². The minimum Gasteiger partial charge on any atom is -0.301 e. The lowest BCUT2D eigenvalue weighted by Crippen LogP contribution is -2.39. The molecule has 0 amide bonds. The predicted octanol–water partition coefficient (Wildman–Crippen LogP) is 1.92. The van der Waals surface area contributed by atoms with Crippen molar-refractivity contribution in [2.45, 2.75) is 51.6 Å². The fourth-order valence-electron chi connectivity index (χ4n) is 2.18. The monoisotopic (exact) mass is 169 g/mol. The van der Waals surface area contributed by atoms with E-state index in [9.17, 15) is 0 Å². The molecule has 0 aliphatic heterocycles. The average Bonchev–Trinajstić information content (AvgIpc) is 2.10. The molecule has 2 nitrogen and oxygen atoms in total. The Morgan fingerprint density at radius 3 is 2.00 bits per heavy atom. The van der Waals surface area contributed by atoms with Crippen molar-refractivity contribution >= 4 is 0 Å². The van der Waals surface area contributed by atoms with Gasteiger partial charge in [0.25, 0.3) is 0 Å². The summed E-state index contributed by atoms with van der Waals surface area (Å²) in [4.78, 5) is 2.53. The van der Waals surface area contributed by atoms with Crippen molar-refractivity contribution in [3.63, 3.8) is 0 Å². The molecule has 0 bridgehead atoms. The van der Waals surface area contributed by atoms with Gasteiger partial charge in [0.05, 0.1) is 0 Å². The molecule has 1 aliphatic rings. The van der Waals surface area contributed by atoms with Gasteiger partial charge in [0.15, 0.2) is 0 Å². The fraction of sp³-hybridized carbons (Fsp3) is 1.00. The maximum absolute atomic E-state index is 7.60. The van der Waals surface area contributed by atoms with Crippen LogP contribution >= 0.6 is 0 Å². The Bertz CT molecular complexity index is 113. The summed E-state index contributed by atoms with van der Waals surface area (Å²) >= 11 is 0. The molecular weight excluding hydrogens is 148 g/mol. The molecule has 0 saturated heterocycles. The molecule has 1 aliphatic carbocycles. The molecule has 0 unspecified atom stereocenters. The zero-order valence-electron chi connectivity index (χ0n) is 8.34. The molecule has 71 valence electrons. The maximum atomic E-state index is 7.60. The SMILES string of the molecule is CCN(CC)C1CCC([NH])CC1. The third-order valence-electron chi connectivity index (χ3n) is 3.03. The summed E-state index contributed by atoms with van der Waals surface area (Å²) in [5, 5.41) is 0. The Balaban J connectivity index is 2.32. The van der Waals surface area contributed by atoms with E-state index in [2.05, 4.69) is 18.7 Å². The number of hydrogen-bond donors (Lipinski definition) is 0. The molecular formula is C10H21N2. The van der Waals surface area contributed by atoms with Gasteiger partial charge in [-0.3, -0.25) is 5.73 Å². The molecule has 2 heteroatoms. The third-order valence-corrected chi connectivity index (χ3v) is 3.03. The third kappa shape index (κ3) is 2.46. The zero-order chi connectivity index (χ0) is 8.97. The zero-order valence-corrected chi connectivity index (χ0v) is 8.34. The lowest BCUT2D eigenvalue weighted by Gasteiger charge is -2.34. The molecule has 1 radical (unpaired) electrons. The van der Waals surface area contributed by atoms with Crippen LogP contribution in [0.5, 0.6) is 0 Å². The van der Waals surface area contributed by atoms with E-state index in [0.29, 0.717) is 0 Å². The van der Waals surface area contributed by atoms with Crippen LogP contribution in [0.1, 0.15) is 39.5 Å². The summed E-state index contributed by atoms with van der Waals surface area (Å²) in [5.74, 6) is 0. The van der Waals surface area contributed by atoms with Gasteiger partial charge in [0.2, 0.25) is 0 Å². The molecule has 1 N–H and O–H groups in total. The maximum Gasteiger partial charge on any atom is 0.0214 e. The Morgan fingerprint density at radius 1 is 1.08 bits per heavy atom. The molecule has 0 aromatic heterocycles. The molecule has 0 aromatic carbocycles. The second-order valence-electron chi connectivity index (χ2n) is 3.73. The van der Waals surface area contributed by atoms with Crippen molar-refractivity contribution in [3.05, 3.63) is 0 Å². The molecule has 12 heavy (non-hydrogen) atoms. The first kappa shape index (κ1) is 10.0. The Kier molecular flexibility index (Phi) is 4.02. The molecule has 0 atom stereocenters. The van der Waals surface area contributed by atoms with E-state index in [1.807, 2.05) is 0 Å². The first-order chi connectivity index (χ1) is 5.77. The van der Waals surface area contributed by atoms with Gasteiger partial charge >= 0.3 is 0 Å². The van der Waals surface area contributed by atoms with Crippen LogP contribution in [0.4, 0.5) is 0 Å². The lowest BCUT2D eigenvalue weighted by molar-refractivity contribution is 0.163. The van der Waals surface area contributed by atoms with E-state index < -0.39 is 0 Å². The largest absolute Gasteiger partial charge is 0.301 e. The molecule has 1 saturated carbocycles. The Hall–Kier alpha value is -0.0800. The van der Waals surface area contributed by atoms with Gasteiger partial charge in [-0.15, -0.1) is 0 Å². The van der Waals surface area contributed by atoms with Crippen LogP contribution in [0.2, 0.25) is 0 Å². The predicted molar refractivity (Wildman–Crippen MR) is 52.1 cm³/mol. The van der Waals surface area contributed by atoms with Crippen molar-refractivity contribution < 1.29 is 0 Å². The smallest absolute Gasteiger partial charge is 0.0214 e. The highest BCUT2D eigenvalue weighted by Gasteiger charge is 2.22. The summed E-state index contributed by atoms with van der Waals surface area (Å²) in [6.07, 6.45) is 4.72. The highest BCUT2D eigenvalue weighted by molar-refractivity contribution is 4.79. The topological polar surface area (TPSA) is 27.0 Å². The summed E-state index contributed by atoms with van der Waals surface area (Å²) in [5.41, 5.74) is 7.60. The van der Waals surface area contributed by atoms with Gasteiger partial charge < -0.3 is 4.90 Å². The molecule has 1 fully saturated rings. The molecule has 1 rings (SSSR count). The van der Waals surface area contributed by atoms with E-state index in [0.717, 1.165) is 18.9 Å². The normalized spacial score (nSPS) is 31.0. The van der Waals surface area contributed by atoms with Gasteiger partial charge in [-0.2, -0.15) is 0 Å². The van der Waals surface area contributed by atoms with Crippen molar-refractivity contribution in [1.82, 2.24) is 10.6 Å². The van der Waals surface area contributed by atoms with E-state index in [1.165, 1.54) is 25.9 Å². The highest BCUT2D eigenvalue weighted by atomic mass is 15.1. The highest BCUT2D eigenvalue weighted by Crippen LogP contribution is 2.22. The van der Waals surface area contributed by atoms with Crippen LogP contribution in [0.25, 0.3) is 0 Å². The van der Waals surface area contributed by atoms with E-state index in [-0.39, 0.29) is 6.04 Å². The second-order valence-corrected chi connectivity index (χ2v) is 3.73. The van der Waals surface area contributed by atoms with Crippen LogP contribution in [0.15, 0.2) is 0 Å². The van der Waals surface area contributed by atoms with E-state index in [4.69, 9.17) is 5.73 Å². The summed E-state index contributed by atoms with van der Waals surface area (Å²) in [6, 6.07) is 1.01. The van der Waals surface area contributed by atoms with Crippen molar-refractivity contribution in [2.75, 3.05) is 13.1 Å². The standard InChI is InChI=1S/C10H21N2/c1-3-12(4-2)10-7-5-9(11)6-8-10/h9-11H,3-8H2,1-2H3. The van der Waals surface area contributed by atoms with Crippen LogP contribution in [0.3, 0.4) is 0 Å². The van der Waals surface area contributed by atoms with Crippen LogP contribution < -0.4 is 5.73 Å². The second kappa shape index (κ2) is 4.83. The van der Waals surface area contributed by atoms with Crippen LogP contribution in [0, 0.1) is 0 Å². The van der Waals surface area contributed by atoms with Gasteiger partial charge in [-0.1, -0.05) is 13.8 Å². The van der Waals surface area contributed by atoms with Gasteiger partial charge in [0, 0.05) is 12.1 Å². The fourth-order valence-corrected chi connectivity index (χ4v) is 2.18. The molecule has 0 spiro atoms. The van der Waals surface area contributed by atoms with Crippen LogP contribution in [-0.4, -0.2) is 30.1 Å². The van der Waals surface area contributed by atoms with Crippen molar-refractivity contribution in [1.29, 1.82) is 0 Å². The van der Waals surface area contributed by atoms with Gasteiger partial charge in [0.1, 0.15) is 0 Å². The van der Waals surface area contributed by atoms with Crippen molar-refractivity contribution in [3.8, 4) is 0 Å². The van der Waals surface area contributed by atoms with E-state index in [1.54, 1.807) is 0 Å². The summed E-state index contributed by atoms with van der Waals surface area (Å²) in [6.45, 7) is 6.81. The summed E-state index contributed by atoms with van der Waals surface area (Å²) < 4.78 is 0. The number of rotatable bonds is 3. The van der Waals surface area contributed by atoms with Crippen LogP contribution in [-0.2, 0) is 0 Å². The molecule has 0 aromatic rings. The van der Waals surface area contributed by atoms with Gasteiger partial charge in [-0.25, -0.2) is 0 Å². The van der Waals surface area contributed by atoms with Gasteiger partial charge in [-0.05, 0) is 38.8 Å². The molecule has 0 heterocycles. The lowest BCUT2D eigenvalue weighted by atomic mass is 9.91. The first-order valence-corrected chi connectivity index (χ1v) is 5.23. The number of nitrogens with zero attached hydrogens (tertiary/aromatic N) is 1. The minimum absolute atomic E-state index is 0.233. The Morgan fingerprint density at radius 2 is 1.58 bits per heavy atom. The number of nitrogens with one attached hydrogen (secondary N) is 1. The van der Waals surface area contributed by atoms with E-state index >= 15 is 0 Å². The summed E-state index contributed by atoms with van der Waals surface area (Å²) in [7, 11) is 0. The minimum atomic E-state index is 0.233.